The molecule has 0 saturated carbocycles. The Kier molecular flexibility index (Phi) is 6.07. The Hall–Kier alpha value is -1.14. The lowest BCUT2D eigenvalue weighted by atomic mass is 10.3. The van der Waals surface area contributed by atoms with E-state index in [4.69, 9.17) is 4.74 Å². The zero-order valence-electron chi connectivity index (χ0n) is 9.95. The summed E-state index contributed by atoms with van der Waals surface area (Å²) in [5.74, 6) is -0.328. The number of hydrogen-bond acceptors (Lipinski definition) is 3. The molecule has 0 aliphatic carbocycles. The monoisotopic (exact) mass is 319 g/mol. The number of aliphatic hydroxyl groups is 1. The molecule has 0 radical (unpaired) electrons. The topological polar surface area (TPSA) is 58.6 Å². The van der Waals surface area contributed by atoms with Crippen molar-refractivity contribution in [3.63, 3.8) is 0 Å². The highest BCUT2D eigenvalue weighted by atomic mass is 79.9. The summed E-state index contributed by atoms with van der Waals surface area (Å²) in [5, 5.41) is 11.8. The SMILES string of the molecule is CCC(O)CNC(=O)COc1ccc(F)cc1Br. The number of aliphatic hydroxyl groups excluding tert-OH is 1. The second-order valence-electron chi connectivity index (χ2n) is 3.73. The van der Waals surface area contributed by atoms with E-state index in [2.05, 4.69) is 21.2 Å². The Morgan fingerprint density at radius 3 is 2.94 bits per heavy atom. The van der Waals surface area contributed by atoms with Gasteiger partial charge in [0.15, 0.2) is 6.61 Å². The molecule has 0 saturated heterocycles. The molecule has 1 amide bonds. The molecule has 0 fully saturated rings. The van der Waals surface area contributed by atoms with Crippen LogP contribution in [0.4, 0.5) is 4.39 Å². The number of nitrogens with one attached hydrogen (secondary N) is 1. The fourth-order valence-electron chi connectivity index (χ4n) is 1.16. The smallest absolute Gasteiger partial charge is 0.258 e. The van der Waals surface area contributed by atoms with Crippen molar-refractivity contribution in [2.45, 2.75) is 19.4 Å². The van der Waals surface area contributed by atoms with Crippen LogP contribution in [0.3, 0.4) is 0 Å². The van der Waals surface area contributed by atoms with Crippen LogP contribution in [0, 0.1) is 5.82 Å². The molecule has 0 bridgehead atoms. The Labute approximate surface area is 113 Å². The third-order valence-electron chi connectivity index (χ3n) is 2.26. The zero-order valence-corrected chi connectivity index (χ0v) is 11.5. The van der Waals surface area contributed by atoms with Crippen LogP contribution in [0.5, 0.6) is 5.75 Å². The number of benzene rings is 1. The van der Waals surface area contributed by atoms with Crippen LogP contribution in [0.1, 0.15) is 13.3 Å². The van der Waals surface area contributed by atoms with Crippen LogP contribution in [-0.4, -0.2) is 30.3 Å². The highest BCUT2D eigenvalue weighted by Crippen LogP contribution is 2.25. The molecule has 1 rings (SSSR count). The third kappa shape index (κ3) is 5.01. The maximum Gasteiger partial charge on any atom is 0.258 e. The molecule has 0 heterocycles. The number of carbonyl (C=O) groups is 1. The van der Waals surface area contributed by atoms with Crippen LogP contribution >= 0.6 is 15.9 Å². The van der Waals surface area contributed by atoms with Gasteiger partial charge in [0.05, 0.1) is 10.6 Å². The average molecular weight is 320 g/mol. The summed E-state index contributed by atoms with van der Waals surface area (Å²) in [6, 6.07) is 3.94. The first-order valence-electron chi connectivity index (χ1n) is 5.55. The van der Waals surface area contributed by atoms with Gasteiger partial charge in [0.1, 0.15) is 11.6 Å². The fourth-order valence-corrected chi connectivity index (χ4v) is 1.63. The maximum atomic E-state index is 12.8. The van der Waals surface area contributed by atoms with E-state index in [-0.39, 0.29) is 24.9 Å². The van der Waals surface area contributed by atoms with Crippen molar-refractivity contribution in [3.05, 3.63) is 28.5 Å². The molecule has 4 nitrogen and oxygen atoms in total. The second kappa shape index (κ2) is 7.33. The number of rotatable bonds is 6. The molecule has 100 valence electrons. The van der Waals surface area contributed by atoms with Gasteiger partial charge in [-0.15, -0.1) is 0 Å². The van der Waals surface area contributed by atoms with Gasteiger partial charge in [-0.05, 0) is 40.5 Å². The maximum absolute atomic E-state index is 12.8. The standard InChI is InChI=1S/C12H15BrFNO3/c1-2-9(16)6-15-12(17)7-18-11-4-3-8(14)5-10(11)13/h3-5,9,16H,2,6-7H2,1H3,(H,15,17). The van der Waals surface area contributed by atoms with Gasteiger partial charge < -0.3 is 15.2 Å². The predicted molar refractivity (Wildman–Crippen MR) is 68.9 cm³/mol. The highest BCUT2D eigenvalue weighted by molar-refractivity contribution is 9.10. The Morgan fingerprint density at radius 1 is 1.61 bits per heavy atom. The molecular weight excluding hydrogens is 305 g/mol. The number of ether oxygens (including phenoxy) is 1. The van der Waals surface area contributed by atoms with E-state index in [9.17, 15) is 14.3 Å². The van der Waals surface area contributed by atoms with Crippen molar-refractivity contribution < 1.29 is 19.0 Å². The van der Waals surface area contributed by atoms with Gasteiger partial charge in [-0.2, -0.15) is 0 Å². The molecule has 1 aromatic rings. The first-order chi connectivity index (χ1) is 8.52. The van der Waals surface area contributed by atoms with Gasteiger partial charge >= 0.3 is 0 Å². The molecule has 0 aromatic heterocycles. The van der Waals surface area contributed by atoms with E-state index >= 15 is 0 Å². The summed E-state index contributed by atoms with van der Waals surface area (Å²) >= 11 is 3.13. The minimum Gasteiger partial charge on any atom is -0.483 e. The molecule has 0 aliphatic heterocycles. The third-order valence-corrected chi connectivity index (χ3v) is 2.88. The van der Waals surface area contributed by atoms with Crippen LogP contribution in [0.15, 0.2) is 22.7 Å². The van der Waals surface area contributed by atoms with Gasteiger partial charge in [-0.3, -0.25) is 4.79 Å². The van der Waals surface area contributed by atoms with E-state index in [1.165, 1.54) is 18.2 Å². The molecule has 1 aromatic carbocycles. The molecule has 6 heteroatoms. The predicted octanol–water partition coefficient (Wildman–Crippen LogP) is 1.85. The van der Waals surface area contributed by atoms with Crippen molar-refractivity contribution >= 4 is 21.8 Å². The normalized spacial score (nSPS) is 12.0. The van der Waals surface area contributed by atoms with Crippen molar-refractivity contribution in [1.29, 1.82) is 0 Å². The number of hydrogen-bond donors (Lipinski definition) is 2. The van der Waals surface area contributed by atoms with E-state index in [0.29, 0.717) is 16.6 Å². The lowest BCUT2D eigenvalue weighted by Gasteiger charge is -2.11. The summed E-state index contributed by atoms with van der Waals surface area (Å²) in [6.45, 7) is 1.84. The highest BCUT2D eigenvalue weighted by Gasteiger charge is 2.08. The summed E-state index contributed by atoms with van der Waals surface area (Å²) in [7, 11) is 0. The Morgan fingerprint density at radius 2 is 2.33 bits per heavy atom. The van der Waals surface area contributed by atoms with E-state index < -0.39 is 6.10 Å². The zero-order chi connectivity index (χ0) is 13.5. The van der Waals surface area contributed by atoms with Gasteiger partial charge in [-0.1, -0.05) is 6.92 Å². The lowest BCUT2D eigenvalue weighted by Crippen LogP contribution is -2.35. The second-order valence-corrected chi connectivity index (χ2v) is 4.58. The molecule has 0 spiro atoms. The van der Waals surface area contributed by atoms with Crippen LogP contribution in [-0.2, 0) is 4.79 Å². The average Bonchev–Trinajstić information content (AvgIpc) is 2.34. The first kappa shape index (κ1) is 14.9. The van der Waals surface area contributed by atoms with Crippen LogP contribution in [0.2, 0.25) is 0 Å². The summed E-state index contributed by atoms with van der Waals surface area (Å²) in [4.78, 5) is 11.4. The van der Waals surface area contributed by atoms with E-state index in [1.54, 1.807) is 0 Å². The van der Waals surface area contributed by atoms with Crippen LogP contribution < -0.4 is 10.1 Å². The Balaban J connectivity index is 2.38. The van der Waals surface area contributed by atoms with Crippen molar-refractivity contribution in [2.24, 2.45) is 0 Å². The van der Waals surface area contributed by atoms with E-state index in [1.807, 2.05) is 6.92 Å². The largest absolute Gasteiger partial charge is 0.483 e. The number of carbonyl (C=O) groups excluding carboxylic acids is 1. The Bertz CT molecular complexity index is 414. The van der Waals surface area contributed by atoms with E-state index in [0.717, 1.165) is 0 Å². The minimum absolute atomic E-state index is 0.180. The summed E-state index contributed by atoms with van der Waals surface area (Å²) < 4.78 is 18.5. The summed E-state index contributed by atoms with van der Waals surface area (Å²) in [6.07, 6.45) is 0.0245. The van der Waals surface area contributed by atoms with Gasteiger partial charge in [0.2, 0.25) is 0 Å². The van der Waals surface area contributed by atoms with Crippen molar-refractivity contribution in [1.82, 2.24) is 5.32 Å². The van der Waals surface area contributed by atoms with Crippen molar-refractivity contribution in [3.8, 4) is 5.75 Å². The molecule has 1 atom stereocenters. The lowest BCUT2D eigenvalue weighted by molar-refractivity contribution is -0.123. The first-order valence-corrected chi connectivity index (χ1v) is 6.34. The number of halogens is 2. The van der Waals surface area contributed by atoms with Crippen LogP contribution in [0.25, 0.3) is 0 Å². The molecule has 0 aliphatic rings. The van der Waals surface area contributed by atoms with Gasteiger partial charge in [-0.25, -0.2) is 4.39 Å². The summed E-state index contributed by atoms with van der Waals surface area (Å²) in [5.41, 5.74) is 0. The van der Waals surface area contributed by atoms with Gasteiger partial charge in [0, 0.05) is 6.54 Å². The molecule has 2 N–H and O–H groups in total. The van der Waals surface area contributed by atoms with Gasteiger partial charge in [0.25, 0.3) is 5.91 Å². The minimum atomic E-state index is -0.550. The fraction of sp³-hybridized carbons (Fsp3) is 0.417. The van der Waals surface area contributed by atoms with Crippen molar-refractivity contribution in [2.75, 3.05) is 13.2 Å². The molecule has 1 unspecified atom stereocenters. The quantitative estimate of drug-likeness (QED) is 0.841. The number of amides is 1. The molecule has 18 heavy (non-hydrogen) atoms. The molecular formula is C12H15BrFNO3.